The second kappa shape index (κ2) is 12.7. The van der Waals surface area contributed by atoms with Gasteiger partial charge in [-0.25, -0.2) is 0 Å². The normalized spacial score (nSPS) is 37.3. The topological polar surface area (TPSA) is 0 Å². The SMILES string of the molecule is C=C/C=C\CC(C)[C@@H]1CC2C3CCC4=CC(=C)CC[C@]4(C)C3=CC[C@]2(C)C1(C)C(=C)CCCC(=C)CC1CCCCC1. The van der Waals surface area contributed by atoms with Gasteiger partial charge in [-0.15, -0.1) is 0 Å². The molecule has 7 atom stereocenters. The van der Waals surface area contributed by atoms with E-state index in [1.54, 1.807) is 11.1 Å². The highest BCUT2D eigenvalue weighted by molar-refractivity contribution is 5.43. The van der Waals surface area contributed by atoms with Crippen molar-refractivity contribution >= 4 is 0 Å². The van der Waals surface area contributed by atoms with Crippen LogP contribution in [-0.4, -0.2) is 0 Å². The van der Waals surface area contributed by atoms with E-state index in [-0.39, 0.29) is 16.2 Å². The highest BCUT2D eigenvalue weighted by Gasteiger charge is 2.65. The van der Waals surface area contributed by atoms with Crippen molar-refractivity contribution in [1.82, 2.24) is 0 Å². The first kappa shape index (κ1) is 31.6. The van der Waals surface area contributed by atoms with E-state index < -0.39 is 0 Å². The monoisotopic (exact) mass is 566 g/mol. The maximum Gasteiger partial charge on any atom is 0.0101 e. The zero-order valence-corrected chi connectivity index (χ0v) is 27.9. The van der Waals surface area contributed by atoms with Crippen LogP contribution in [0.4, 0.5) is 0 Å². The lowest BCUT2D eigenvalue weighted by molar-refractivity contribution is 0.0269. The van der Waals surface area contributed by atoms with E-state index in [2.05, 4.69) is 71.7 Å². The Morgan fingerprint density at radius 2 is 1.81 bits per heavy atom. The van der Waals surface area contributed by atoms with Gasteiger partial charge in [0.1, 0.15) is 0 Å². The van der Waals surface area contributed by atoms with Crippen molar-refractivity contribution in [2.75, 3.05) is 0 Å². The molecule has 42 heavy (non-hydrogen) atoms. The average molecular weight is 567 g/mol. The zero-order chi connectivity index (χ0) is 30.1. The van der Waals surface area contributed by atoms with Crippen molar-refractivity contribution in [2.24, 2.45) is 45.8 Å². The first-order valence-electron chi connectivity index (χ1n) is 17.8. The van der Waals surface area contributed by atoms with Crippen molar-refractivity contribution in [3.05, 3.63) is 84.6 Å². The van der Waals surface area contributed by atoms with Gasteiger partial charge in [0.25, 0.3) is 0 Å². The predicted molar refractivity (Wildman–Crippen MR) is 184 cm³/mol. The van der Waals surface area contributed by atoms with Crippen molar-refractivity contribution < 1.29 is 0 Å². The van der Waals surface area contributed by atoms with Gasteiger partial charge in [-0.05, 0) is 111 Å². The van der Waals surface area contributed by atoms with Crippen LogP contribution < -0.4 is 0 Å². The fraction of sp³-hybridized carbons (Fsp3) is 0.667. The number of allylic oxidation sites excluding steroid dienone is 10. The van der Waals surface area contributed by atoms with E-state index in [0.29, 0.717) is 11.8 Å². The third-order valence-corrected chi connectivity index (χ3v) is 13.8. The zero-order valence-electron chi connectivity index (χ0n) is 27.9. The third kappa shape index (κ3) is 5.59. The van der Waals surface area contributed by atoms with Gasteiger partial charge in [-0.3, -0.25) is 0 Å². The van der Waals surface area contributed by atoms with Gasteiger partial charge in [-0.1, -0.05) is 144 Å². The van der Waals surface area contributed by atoms with Crippen molar-refractivity contribution in [1.29, 1.82) is 0 Å². The lowest BCUT2D eigenvalue weighted by atomic mass is 9.48. The fourth-order valence-corrected chi connectivity index (χ4v) is 11.0. The molecule has 0 heterocycles. The largest absolute Gasteiger partial charge is 0.0999 e. The molecule has 0 aromatic rings. The minimum Gasteiger partial charge on any atom is -0.0999 e. The van der Waals surface area contributed by atoms with Gasteiger partial charge in [0, 0.05) is 5.41 Å². The standard InChI is InChI=1S/C42H62/c1-9-10-12-17-32(4)38-29-39-36-22-21-35-28-31(3)23-25-40(35,6)37(36)24-26-41(39,7)42(38,8)33(5)18-15-16-30(2)27-34-19-13-11-14-20-34/h9-10,12,24,28,32,34,36,38-39H,1-3,5,11,13-23,25-27,29H2,4,6-8H3/b12-10-/t32?,36?,38-,39?,40-,41-,42?/m0/s1. The molecule has 230 valence electrons. The summed E-state index contributed by atoms with van der Waals surface area (Å²) in [7, 11) is 0. The molecule has 0 spiro atoms. The summed E-state index contributed by atoms with van der Waals surface area (Å²) in [6.45, 7) is 28.2. The van der Waals surface area contributed by atoms with E-state index in [1.165, 1.54) is 100 Å². The quantitative estimate of drug-likeness (QED) is 0.172. The fourth-order valence-electron chi connectivity index (χ4n) is 11.0. The Labute approximate surface area is 260 Å². The van der Waals surface area contributed by atoms with E-state index in [4.69, 9.17) is 6.58 Å². The smallest absolute Gasteiger partial charge is 0.0101 e. The molecule has 5 aliphatic carbocycles. The minimum absolute atomic E-state index is 0.156. The highest BCUT2D eigenvalue weighted by atomic mass is 14.7. The third-order valence-electron chi connectivity index (χ3n) is 13.8. The molecule has 0 aliphatic heterocycles. The van der Waals surface area contributed by atoms with Crippen molar-refractivity contribution in [2.45, 2.75) is 130 Å². The molecule has 0 aromatic heterocycles. The van der Waals surface area contributed by atoms with Gasteiger partial charge >= 0.3 is 0 Å². The number of fused-ring (bicyclic) bond motifs is 5. The molecule has 4 unspecified atom stereocenters. The Morgan fingerprint density at radius 3 is 2.55 bits per heavy atom. The van der Waals surface area contributed by atoms with Crippen LogP contribution in [-0.2, 0) is 0 Å². The summed E-state index contributed by atoms with van der Waals surface area (Å²) in [6, 6.07) is 0. The second-order valence-corrected chi connectivity index (χ2v) is 16.0. The van der Waals surface area contributed by atoms with Gasteiger partial charge in [0.05, 0.1) is 0 Å². The van der Waals surface area contributed by atoms with Crippen LogP contribution >= 0.6 is 0 Å². The molecule has 0 amide bonds. The summed E-state index contributed by atoms with van der Waals surface area (Å²) >= 11 is 0. The van der Waals surface area contributed by atoms with Crippen molar-refractivity contribution in [3.63, 3.8) is 0 Å². The van der Waals surface area contributed by atoms with Crippen LogP contribution in [0.2, 0.25) is 0 Å². The summed E-state index contributed by atoms with van der Waals surface area (Å²) in [5, 5.41) is 0. The first-order chi connectivity index (χ1) is 20.0. The molecule has 0 heteroatoms. The molecular weight excluding hydrogens is 504 g/mol. The second-order valence-electron chi connectivity index (χ2n) is 16.0. The number of hydrogen-bond donors (Lipinski definition) is 0. The summed E-state index contributed by atoms with van der Waals surface area (Å²) in [4.78, 5) is 0. The molecular formula is C42H62. The Balaban J connectivity index is 1.37. The molecule has 5 aliphatic rings. The Hall–Kier alpha value is -1.82. The first-order valence-corrected chi connectivity index (χ1v) is 17.8. The van der Waals surface area contributed by atoms with Crippen molar-refractivity contribution in [3.8, 4) is 0 Å². The van der Waals surface area contributed by atoms with Gasteiger partial charge in [0.15, 0.2) is 0 Å². The van der Waals surface area contributed by atoms with E-state index >= 15 is 0 Å². The Morgan fingerprint density at radius 1 is 1.05 bits per heavy atom. The average Bonchev–Trinajstić information content (AvgIpc) is 3.22. The molecule has 0 radical (unpaired) electrons. The molecule has 0 N–H and O–H groups in total. The lowest BCUT2D eigenvalue weighted by Crippen LogP contribution is -2.48. The van der Waals surface area contributed by atoms with Gasteiger partial charge in [0.2, 0.25) is 0 Å². The lowest BCUT2D eigenvalue weighted by Gasteiger charge is -2.56. The summed E-state index contributed by atoms with van der Waals surface area (Å²) in [5.41, 5.74) is 8.52. The highest BCUT2D eigenvalue weighted by Crippen LogP contribution is 2.73. The minimum atomic E-state index is 0.156. The summed E-state index contributed by atoms with van der Waals surface area (Å²) in [5.74, 6) is 3.68. The number of rotatable bonds is 11. The Bertz CT molecular complexity index is 1150. The molecule has 0 nitrogen and oxygen atoms in total. The van der Waals surface area contributed by atoms with E-state index in [1.807, 2.05) is 6.08 Å². The maximum absolute atomic E-state index is 4.97. The molecule has 0 bridgehead atoms. The molecule has 5 rings (SSSR count). The van der Waals surface area contributed by atoms with Crippen LogP contribution in [0.5, 0.6) is 0 Å². The molecule has 3 saturated carbocycles. The van der Waals surface area contributed by atoms with Crippen LogP contribution in [0, 0.1) is 45.8 Å². The van der Waals surface area contributed by atoms with Crippen LogP contribution in [0.3, 0.4) is 0 Å². The van der Waals surface area contributed by atoms with E-state index in [9.17, 15) is 0 Å². The van der Waals surface area contributed by atoms with Gasteiger partial charge < -0.3 is 0 Å². The Kier molecular flexibility index (Phi) is 9.52. The van der Waals surface area contributed by atoms with Crippen LogP contribution in [0.1, 0.15) is 130 Å². The maximum atomic E-state index is 4.97. The van der Waals surface area contributed by atoms with Crippen LogP contribution in [0.15, 0.2) is 84.6 Å². The molecule has 0 saturated heterocycles. The molecule has 0 aromatic carbocycles. The summed E-state index contributed by atoms with van der Waals surface area (Å²) < 4.78 is 0. The van der Waals surface area contributed by atoms with Crippen LogP contribution in [0.25, 0.3) is 0 Å². The predicted octanol–water partition coefficient (Wildman–Crippen LogP) is 12.7. The van der Waals surface area contributed by atoms with E-state index in [0.717, 1.165) is 37.0 Å². The molecule has 3 fully saturated rings. The van der Waals surface area contributed by atoms with Gasteiger partial charge in [-0.2, -0.15) is 0 Å². The summed E-state index contributed by atoms with van der Waals surface area (Å²) in [6.07, 6.45) is 32.3. The number of hydrogen-bond acceptors (Lipinski definition) is 0.